The summed E-state index contributed by atoms with van der Waals surface area (Å²) < 4.78 is 4.72. The van der Waals surface area contributed by atoms with Gasteiger partial charge in [-0.3, -0.25) is 9.89 Å². The molecular formula is C19H24N4O3S. The van der Waals surface area contributed by atoms with E-state index in [1.807, 2.05) is 6.92 Å². The normalized spacial score (nSPS) is 14.3. The molecule has 8 heteroatoms. The molecule has 1 amide bonds. The van der Waals surface area contributed by atoms with Crippen LogP contribution in [0.1, 0.15) is 47.4 Å². The van der Waals surface area contributed by atoms with E-state index in [0.717, 1.165) is 17.8 Å². The second-order valence-corrected chi connectivity index (χ2v) is 7.72. The molecule has 0 saturated heterocycles. The summed E-state index contributed by atoms with van der Waals surface area (Å²) in [6.45, 7) is 1.87. The Balaban J connectivity index is 1.52. The maximum Gasteiger partial charge on any atom is 0.337 e. The Morgan fingerprint density at radius 3 is 2.85 bits per heavy atom. The predicted molar refractivity (Wildman–Crippen MR) is 104 cm³/mol. The van der Waals surface area contributed by atoms with E-state index < -0.39 is 5.97 Å². The molecule has 1 aromatic heterocycles. The third-order valence-electron chi connectivity index (χ3n) is 4.73. The molecule has 2 N–H and O–H groups in total. The number of amides is 1. The van der Waals surface area contributed by atoms with Gasteiger partial charge in [-0.2, -0.15) is 0 Å². The van der Waals surface area contributed by atoms with Gasteiger partial charge in [0.25, 0.3) is 0 Å². The summed E-state index contributed by atoms with van der Waals surface area (Å²) >= 11 is 1.29. The monoisotopic (exact) mass is 388 g/mol. The van der Waals surface area contributed by atoms with Gasteiger partial charge in [-0.05, 0) is 30.5 Å². The molecule has 0 spiro atoms. The molecule has 2 aromatic rings. The summed E-state index contributed by atoms with van der Waals surface area (Å²) in [7, 11) is 1.33. The van der Waals surface area contributed by atoms with Crippen molar-refractivity contribution in [3.05, 3.63) is 35.2 Å². The molecule has 1 heterocycles. The van der Waals surface area contributed by atoms with Gasteiger partial charge >= 0.3 is 5.97 Å². The van der Waals surface area contributed by atoms with Crippen LogP contribution in [0, 0.1) is 12.8 Å². The van der Waals surface area contributed by atoms with Gasteiger partial charge in [-0.25, -0.2) is 9.78 Å². The first-order valence-electron chi connectivity index (χ1n) is 9.08. The number of carbonyl (C=O) groups excluding carboxylic acids is 2. The largest absolute Gasteiger partial charge is 0.465 e. The second kappa shape index (κ2) is 9.03. The lowest BCUT2D eigenvalue weighted by Crippen LogP contribution is -2.15. The number of H-pyrrole nitrogens is 1. The minimum atomic E-state index is -0.435. The van der Waals surface area contributed by atoms with Crippen molar-refractivity contribution in [3.63, 3.8) is 0 Å². The lowest BCUT2D eigenvalue weighted by Gasteiger charge is -2.09. The molecule has 7 nitrogen and oxygen atoms in total. The summed E-state index contributed by atoms with van der Waals surface area (Å²) in [5.74, 6) is 1.18. The highest BCUT2D eigenvalue weighted by molar-refractivity contribution is 7.99. The van der Waals surface area contributed by atoms with Crippen LogP contribution in [0.25, 0.3) is 0 Å². The van der Waals surface area contributed by atoms with Crippen molar-refractivity contribution < 1.29 is 14.3 Å². The van der Waals surface area contributed by atoms with Crippen LogP contribution in [0.2, 0.25) is 0 Å². The molecular weight excluding hydrogens is 364 g/mol. The number of benzene rings is 1. The van der Waals surface area contributed by atoms with Gasteiger partial charge in [0.05, 0.1) is 18.4 Å². The number of aryl methyl sites for hydroxylation is 1. The minimum Gasteiger partial charge on any atom is -0.465 e. The van der Waals surface area contributed by atoms with Crippen molar-refractivity contribution in [3.8, 4) is 0 Å². The third kappa shape index (κ3) is 5.32. The van der Waals surface area contributed by atoms with Crippen LogP contribution in [-0.2, 0) is 16.0 Å². The Morgan fingerprint density at radius 1 is 1.33 bits per heavy atom. The molecule has 0 radical (unpaired) electrons. The van der Waals surface area contributed by atoms with Gasteiger partial charge in [0, 0.05) is 12.1 Å². The second-order valence-electron chi connectivity index (χ2n) is 6.78. The first kappa shape index (κ1) is 19.4. The molecule has 1 saturated carbocycles. The Hall–Kier alpha value is -2.35. The fraction of sp³-hybridized carbons (Fsp3) is 0.474. The van der Waals surface area contributed by atoms with Crippen LogP contribution in [0.5, 0.6) is 0 Å². The number of anilines is 1. The lowest BCUT2D eigenvalue weighted by atomic mass is 10.0. The average molecular weight is 388 g/mol. The zero-order valence-corrected chi connectivity index (χ0v) is 16.4. The minimum absolute atomic E-state index is 0.174. The van der Waals surface area contributed by atoms with Crippen LogP contribution in [0.15, 0.2) is 23.4 Å². The quantitative estimate of drug-likeness (QED) is 0.558. The van der Waals surface area contributed by atoms with E-state index in [0.29, 0.717) is 22.3 Å². The number of methoxy groups -OCH3 is 1. The number of hydrogen-bond acceptors (Lipinski definition) is 6. The van der Waals surface area contributed by atoms with Crippen LogP contribution in [0.4, 0.5) is 5.69 Å². The molecule has 0 unspecified atom stereocenters. The van der Waals surface area contributed by atoms with Gasteiger partial charge < -0.3 is 10.1 Å². The molecule has 1 aliphatic rings. The number of rotatable bonds is 7. The number of thioether (sulfide) groups is 1. The van der Waals surface area contributed by atoms with E-state index in [4.69, 9.17) is 4.74 Å². The number of aromatic amines is 1. The fourth-order valence-electron chi connectivity index (χ4n) is 3.24. The van der Waals surface area contributed by atoms with E-state index in [-0.39, 0.29) is 11.7 Å². The topological polar surface area (TPSA) is 97.0 Å². The Labute approximate surface area is 162 Å². The number of ether oxygens (including phenoxy) is 1. The zero-order valence-electron chi connectivity index (χ0n) is 15.6. The molecule has 27 heavy (non-hydrogen) atoms. The van der Waals surface area contributed by atoms with Gasteiger partial charge in [0.1, 0.15) is 5.82 Å². The molecule has 1 aliphatic carbocycles. The number of hydrogen-bond donors (Lipinski definition) is 2. The highest BCUT2D eigenvalue weighted by Crippen LogP contribution is 2.27. The Morgan fingerprint density at radius 2 is 2.11 bits per heavy atom. The van der Waals surface area contributed by atoms with Crippen molar-refractivity contribution in [1.29, 1.82) is 0 Å². The Bertz CT molecular complexity index is 815. The third-order valence-corrected chi connectivity index (χ3v) is 5.58. The van der Waals surface area contributed by atoms with E-state index in [9.17, 15) is 9.59 Å². The van der Waals surface area contributed by atoms with Crippen LogP contribution >= 0.6 is 11.8 Å². The fourth-order valence-corrected chi connectivity index (χ4v) is 3.86. The molecule has 0 bridgehead atoms. The molecule has 1 fully saturated rings. The van der Waals surface area contributed by atoms with Gasteiger partial charge in [-0.1, -0.05) is 43.5 Å². The zero-order chi connectivity index (χ0) is 19.2. The molecule has 0 aliphatic heterocycles. The Kier molecular flexibility index (Phi) is 6.49. The number of aromatic nitrogens is 3. The number of carbonyl (C=O) groups is 2. The number of nitrogens with one attached hydrogen (secondary N) is 2. The van der Waals surface area contributed by atoms with Crippen molar-refractivity contribution in [2.24, 2.45) is 5.92 Å². The summed E-state index contributed by atoms with van der Waals surface area (Å²) in [6.07, 6.45) is 6.05. The smallest absolute Gasteiger partial charge is 0.337 e. The van der Waals surface area contributed by atoms with Crippen LogP contribution in [0.3, 0.4) is 0 Å². The van der Waals surface area contributed by atoms with Gasteiger partial charge in [0.2, 0.25) is 11.1 Å². The summed E-state index contributed by atoms with van der Waals surface area (Å²) in [5, 5.41) is 10.6. The highest BCUT2D eigenvalue weighted by Gasteiger charge is 2.18. The van der Waals surface area contributed by atoms with Crippen molar-refractivity contribution in [2.75, 3.05) is 18.2 Å². The van der Waals surface area contributed by atoms with E-state index >= 15 is 0 Å². The molecule has 1 aromatic carbocycles. The van der Waals surface area contributed by atoms with E-state index in [1.165, 1.54) is 44.6 Å². The summed E-state index contributed by atoms with van der Waals surface area (Å²) in [6, 6.07) is 5.07. The van der Waals surface area contributed by atoms with Crippen molar-refractivity contribution >= 4 is 29.3 Å². The molecule has 144 valence electrons. The molecule has 0 atom stereocenters. The number of nitrogens with zero attached hydrogens (tertiary/aromatic N) is 2. The first-order valence-corrected chi connectivity index (χ1v) is 10.1. The van der Waals surface area contributed by atoms with Crippen LogP contribution in [-0.4, -0.2) is 39.9 Å². The van der Waals surface area contributed by atoms with Crippen molar-refractivity contribution in [1.82, 2.24) is 15.2 Å². The summed E-state index contributed by atoms with van der Waals surface area (Å²) in [5.41, 5.74) is 1.87. The van der Waals surface area contributed by atoms with Gasteiger partial charge in [0.15, 0.2) is 0 Å². The maximum atomic E-state index is 12.3. The first-order chi connectivity index (χ1) is 13.0. The molecule has 3 rings (SSSR count). The summed E-state index contributed by atoms with van der Waals surface area (Å²) in [4.78, 5) is 28.4. The maximum absolute atomic E-state index is 12.3. The average Bonchev–Trinajstić information content (AvgIpc) is 3.33. The van der Waals surface area contributed by atoms with Crippen LogP contribution < -0.4 is 5.32 Å². The van der Waals surface area contributed by atoms with Gasteiger partial charge in [-0.15, -0.1) is 5.10 Å². The lowest BCUT2D eigenvalue weighted by molar-refractivity contribution is -0.113. The predicted octanol–water partition coefficient (Wildman–Crippen LogP) is 3.36. The van der Waals surface area contributed by atoms with E-state index in [1.54, 1.807) is 18.2 Å². The SMILES string of the molecule is COC(=O)c1ccc(C)c(NC(=O)CSc2n[nH]c(CC3CCCC3)n2)c1. The van der Waals surface area contributed by atoms with Crippen molar-refractivity contribution in [2.45, 2.75) is 44.2 Å². The standard InChI is InChI=1S/C19H24N4O3S/c1-12-7-8-14(18(25)26-2)10-15(12)20-17(24)11-27-19-21-16(22-23-19)9-13-5-3-4-6-13/h7-8,10,13H,3-6,9,11H2,1-2H3,(H,20,24)(H,21,22,23). The van der Waals surface area contributed by atoms with E-state index in [2.05, 4.69) is 20.5 Å². The number of esters is 1. The highest BCUT2D eigenvalue weighted by atomic mass is 32.2.